The van der Waals surface area contributed by atoms with E-state index in [1.165, 1.54) is 54.6 Å². The van der Waals surface area contributed by atoms with Gasteiger partial charge in [0.05, 0.1) is 4.90 Å². The molecule has 133 valence electrons. The topological polar surface area (TPSA) is 73.6 Å². The average molecular weight is 373 g/mol. The van der Waals surface area contributed by atoms with Crippen LogP contribution in [0.2, 0.25) is 0 Å². The highest BCUT2D eigenvalue weighted by molar-refractivity contribution is 7.90. The molecule has 1 aromatic heterocycles. The molecule has 0 amide bonds. The number of ether oxygens (including phenoxy) is 1. The highest BCUT2D eigenvalue weighted by Gasteiger charge is 2.17. The van der Waals surface area contributed by atoms with Crippen molar-refractivity contribution in [2.45, 2.75) is 4.90 Å². The zero-order valence-electron chi connectivity index (χ0n) is 13.7. The second kappa shape index (κ2) is 6.76. The van der Waals surface area contributed by atoms with Crippen molar-refractivity contribution in [2.75, 3.05) is 6.26 Å². The molecule has 0 unspecified atom stereocenters. The molecule has 0 aliphatic carbocycles. The number of hydrogen-bond donors (Lipinski definition) is 0. The van der Waals surface area contributed by atoms with Crippen molar-refractivity contribution in [3.05, 3.63) is 83.3 Å². The number of benzene rings is 2. The Bertz CT molecular complexity index is 1100. The van der Waals surface area contributed by atoms with Crippen LogP contribution in [0.25, 0.3) is 11.3 Å². The van der Waals surface area contributed by atoms with E-state index in [9.17, 15) is 17.6 Å². The van der Waals surface area contributed by atoms with E-state index in [4.69, 9.17) is 9.15 Å². The molecule has 1 radical (unpaired) electrons. The van der Waals surface area contributed by atoms with Gasteiger partial charge in [0.1, 0.15) is 17.3 Å². The summed E-state index contributed by atoms with van der Waals surface area (Å²) in [6.07, 6.45) is 1.10. The van der Waals surface area contributed by atoms with E-state index in [1.54, 1.807) is 0 Å². The fourth-order valence-corrected chi connectivity index (χ4v) is 2.92. The molecule has 0 saturated carbocycles. The first kappa shape index (κ1) is 17.9. The standard InChI is InChI=1S/C19H14FO5S/c1-12-11-17(21)19(25-15-7-5-14(20)6-8-15)18(24-12)13-3-9-16(10-4-13)26(2,22)23/h3-11H,1H2,2H3. The van der Waals surface area contributed by atoms with Gasteiger partial charge >= 0.3 is 0 Å². The molecule has 0 saturated heterocycles. The predicted octanol–water partition coefficient (Wildman–Crippen LogP) is 3.82. The predicted molar refractivity (Wildman–Crippen MR) is 94.5 cm³/mol. The lowest BCUT2D eigenvalue weighted by Gasteiger charge is -2.11. The van der Waals surface area contributed by atoms with Gasteiger partial charge in [-0.2, -0.15) is 0 Å². The average Bonchev–Trinajstić information content (AvgIpc) is 2.58. The number of rotatable bonds is 4. The number of hydrogen-bond acceptors (Lipinski definition) is 5. The van der Waals surface area contributed by atoms with Gasteiger partial charge in [-0.1, -0.05) is 0 Å². The Morgan fingerprint density at radius 2 is 1.65 bits per heavy atom. The molecule has 3 aromatic rings. The largest absolute Gasteiger partial charge is 0.457 e. The molecule has 0 spiro atoms. The summed E-state index contributed by atoms with van der Waals surface area (Å²) in [5, 5.41) is 0. The van der Waals surface area contributed by atoms with Gasteiger partial charge in [0.25, 0.3) is 0 Å². The minimum absolute atomic E-state index is 0.101. The second-order valence-corrected chi connectivity index (χ2v) is 7.60. The monoisotopic (exact) mass is 373 g/mol. The van der Waals surface area contributed by atoms with Gasteiger partial charge in [0.15, 0.2) is 15.6 Å². The molecular formula is C19H14FO5S. The fraction of sp³-hybridized carbons (Fsp3) is 0.0526. The number of sulfone groups is 1. The maximum absolute atomic E-state index is 13.0. The van der Waals surface area contributed by atoms with Gasteiger partial charge in [-0.3, -0.25) is 4.79 Å². The van der Waals surface area contributed by atoms with E-state index < -0.39 is 21.1 Å². The first-order chi connectivity index (χ1) is 12.2. The summed E-state index contributed by atoms with van der Waals surface area (Å²) < 4.78 is 47.3. The van der Waals surface area contributed by atoms with E-state index in [2.05, 4.69) is 6.92 Å². The van der Waals surface area contributed by atoms with Crippen LogP contribution in [0.5, 0.6) is 11.5 Å². The summed E-state index contributed by atoms with van der Waals surface area (Å²) in [5.74, 6) is -0.0507. The smallest absolute Gasteiger partial charge is 0.228 e. The van der Waals surface area contributed by atoms with E-state index in [-0.39, 0.29) is 27.9 Å². The molecule has 0 aliphatic rings. The zero-order chi connectivity index (χ0) is 18.9. The van der Waals surface area contributed by atoms with Crippen molar-refractivity contribution in [3.63, 3.8) is 0 Å². The minimum atomic E-state index is -3.35. The summed E-state index contributed by atoms with van der Waals surface area (Å²) in [6.45, 7) is 3.62. The van der Waals surface area contributed by atoms with Crippen LogP contribution in [0.1, 0.15) is 5.76 Å². The Balaban J connectivity index is 2.09. The van der Waals surface area contributed by atoms with Gasteiger partial charge in [-0.25, -0.2) is 12.8 Å². The lowest BCUT2D eigenvalue weighted by molar-refractivity contribution is 0.441. The van der Waals surface area contributed by atoms with Gasteiger partial charge < -0.3 is 9.15 Å². The van der Waals surface area contributed by atoms with Crippen molar-refractivity contribution < 1.29 is 22.0 Å². The molecule has 26 heavy (non-hydrogen) atoms. The Morgan fingerprint density at radius 1 is 1.04 bits per heavy atom. The van der Waals surface area contributed by atoms with Gasteiger partial charge in [-0.05, 0) is 48.5 Å². The maximum Gasteiger partial charge on any atom is 0.228 e. The van der Waals surface area contributed by atoms with Crippen LogP contribution in [-0.2, 0) is 9.84 Å². The molecular weight excluding hydrogens is 359 g/mol. The van der Waals surface area contributed by atoms with Crippen LogP contribution in [-0.4, -0.2) is 14.7 Å². The third-order valence-electron chi connectivity index (χ3n) is 3.53. The Hall–Kier alpha value is -2.93. The van der Waals surface area contributed by atoms with Crippen LogP contribution in [0.3, 0.4) is 0 Å². The molecule has 7 heteroatoms. The fourth-order valence-electron chi connectivity index (χ4n) is 2.29. The van der Waals surface area contributed by atoms with Gasteiger partial charge in [0, 0.05) is 24.8 Å². The van der Waals surface area contributed by atoms with Crippen LogP contribution >= 0.6 is 0 Å². The number of halogens is 1. The summed E-state index contributed by atoms with van der Waals surface area (Å²) >= 11 is 0. The van der Waals surface area contributed by atoms with Crippen molar-refractivity contribution >= 4 is 9.84 Å². The van der Waals surface area contributed by atoms with Crippen LogP contribution in [0, 0.1) is 12.7 Å². The highest BCUT2D eigenvalue weighted by Crippen LogP contribution is 2.32. The van der Waals surface area contributed by atoms with Gasteiger partial charge in [0.2, 0.25) is 11.2 Å². The van der Waals surface area contributed by atoms with Crippen molar-refractivity contribution in [1.29, 1.82) is 0 Å². The Kier molecular flexibility index (Phi) is 4.65. The SMILES string of the molecule is [CH2]c1cc(=O)c(Oc2ccc(F)cc2)c(-c2ccc(S(C)(=O)=O)cc2)o1. The van der Waals surface area contributed by atoms with Crippen molar-refractivity contribution in [1.82, 2.24) is 0 Å². The summed E-state index contributed by atoms with van der Waals surface area (Å²) in [4.78, 5) is 12.5. The molecule has 0 fully saturated rings. The summed E-state index contributed by atoms with van der Waals surface area (Å²) in [7, 11) is -3.35. The normalized spacial score (nSPS) is 11.3. The summed E-state index contributed by atoms with van der Waals surface area (Å²) in [6, 6.07) is 12.2. The molecule has 2 aromatic carbocycles. The lowest BCUT2D eigenvalue weighted by Crippen LogP contribution is -2.06. The Morgan fingerprint density at radius 3 is 2.23 bits per heavy atom. The third kappa shape index (κ3) is 3.83. The molecule has 0 bridgehead atoms. The van der Waals surface area contributed by atoms with E-state index in [0.29, 0.717) is 5.56 Å². The van der Waals surface area contributed by atoms with Crippen LogP contribution < -0.4 is 10.2 Å². The quantitative estimate of drug-likeness (QED) is 0.695. The molecule has 1 heterocycles. The molecule has 0 aliphatic heterocycles. The van der Waals surface area contributed by atoms with Crippen LogP contribution in [0.4, 0.5) is 4.39 Å². The van der Waals surface area contributed by atoms with E-state index in [1.807, 2.05) is 0 Å². The van der Waals surface area contributed by atoms with Crippen molar-refractivity contribution in [3.8, 4) is 22.8 Å². The van der Waals surface area contributed by atoms with Gasteiger partial charge in [-0.15, -0.1) is 0 Å². The zero-order valence-corrected chi connectivity index (χ0v) is 14.5. The Labute approximate surface area is 149 Å². The molecule has 5 nitrogen and oxygen atoms in total. The lowest BCUT2D eigenvalue weighted by atomic mass is 10.1. The maximum atomic E-state index is 13.0. The third-order valence-corrected chi connectivity index (χ3v) is 4.66. The van der Waals surface area contributed by atoms with E-state index >= 15 is 0 Å². The van der Waals surface area contributed by atoms with E-state index in [0.717, 1.165) is 6.26 Å². The summed E-state index contributed by atoms with van der Waals surface area (Å²) in [5.41, 5.74) is -0.0233. The first-order valence-corrected chi connectivity index (χ1v) is 9.37. The minimum Gasteiger partial charge on any atom is -0.457 e. The first-order valence-electron chi connectivity index (χ1n) is 7.48. The van der Waals surface area contributed by atoms with Crippen molar-refractivity contribution in [2.24, 2.45) is 0 Å². The second-order valence-electron chi connectivity index (χ2n) is 5.59. The van der Waals surface area contributed by atoms with Crippen LogP contribution in [0.15, 0.2) is 68.7 Å². The highest BCUT2D eigenvalue weighted by atomic mass is 32.2. The molecule has 3 rings (SSSR count). The molecule has 0 N–H and O–H groups in total. The molecule has 0 atom stereocenters.